The minimum absolute atomic E-state index is 0.0952. The van der Waals surface area contributed by atoms with Crippen molar-refractivity contribution in [1.29, 1.82) is 0 Å². The molecular weight excluding hydrogens is 516 g/mol. The normalized spacial score (nSPS) is 36.1. The number of nitrogens with zero attached hydrogens (tertiary/aromatic N) is 1. The molecule has 1 aromatic rings. The summed E-state index contributed by atoms with van der Waals surface area (Å²) in [6, 6.07) is 0. The molecule has 0 radical (unpaired) electrons. The number of aromatic nitrogens is 1. The number of hydrogen-bond acceptors (Lipinski definition) is 9. The second kappa shape index (κ2) is 12.2. The van der Waals surface area contributed by atoms with Gasteiger partial charge in [-0.15, -0.1) is 11.3 Å². The molecule has 0 aromatic carbocycles. The number of thiazole rings is 1. The van der Waals surface area contributed by atoms with E-state index in [1.165, 1.54) is 11.3 Å². The van der Waals surface area contributed by atoms with E-state index in [0.717, 1.165) is 24.3 Å². The van der Waals surface area contributed by atoms with Crippen LogP contribution >= 0.6 is 22.9 Å². The Bertz CT molecular complexity index is 997. The molecule has 2 unspecified atom stereocenters. The molecule has 8 nitrogen and oxygen atoms in total. The molecule has 3 rings (SSSR count). The first-order chi connectivity index (χ1) is 17.3. The van der Waals surface area contributed by atoms with E-state index in [2.05, 4.69) is 4.98 Å². The maximum absolute atomic E-state index is 13.4. The number of esters is 1. The van der Waals surface area contributed by atoms with Gasteiger partial charge in [0.25, 0.3) is 0 Å². The molecule has 2 aliphatic rings. The zero-order valence-corrected chi connectivity index (χ0v) is 24.0. The molecule has 0 aliphatic carbocycles. The van der Waals surface area contributed by atoms with E-state index < -0.39 is 35.6 Å². The third-order valence-corrected chi connectivity index (χ3v) is 9.25. The third-order valence-electron chi connectivity index (χ3n) is 8.01. The van der Waals surface area contributed by atoms with Gasteiger partial charge in [-0.25, -0.2) is 4.98 Å². The first-order valence-corrected chi connectivity index (χ1v) is 14.4. The smallest absolute Gasteiger partial charge is 0.309 e. The SMILES string of the molecule is CCC1C(=O)C(C)(C)C(O)CC(=O)O[C@H](C(Cl)=Cc2csc(CN)n2)C[C@@H]2O[C@]2(C)CCC[C@H](C)[C@@H]1O. The van der Waals surface area contributed by atoms with E-state index in [-0.39, 0.29) is 29.8 Å². The molecule has 2 saturated heterocycles. The number of epoxide rings is 1. The van der Waals surface area contributed by atoms with Crippen molar-refractivity contribution in [2.75, 3.05) is 0 Å². The lowest BCUT2D eigenvalue weighted by Gasteiger charge is -2.35. The molecule has 0 spiro atoms. The number of nitrogens with two attached hydrogens (primary N) is 1. The first-order valence-electron chi connectivity index (χ1n) is 13.1. The molecule has 3 heterocycles. The van der Waals surface area contributed by atoms with Gasteiger partial charge < -0.3 is 25.4 Å². The summed E-state index contributed by atoms with van der Waals surface area (Å²) in [6.07, 6.45) is 1.37. The molecule has 0 amide bonds. The van der Waals surface area contributed by atoms with E-state index in [1.807, 2.05) is 26.2 Å². The lowest BCUT2D eigenvalue weighted by Crippen LogP contribution is -2.46. The van der Waals surface area contributed by atoms with Gasteiger partial charge in [0.15, 0.2) is 0 Å². The van der Waals surface area contributed by atoms with Crippen LogP contribution in [0.2, 0.25) is 0 Å². The molecular formula is C27H41ClN2O6S. The summed E-state index contributed by atoms with van der Waals surface area (Å²) < 4.78 is 11.8. The number of aliphatic hydroxyl groups excluding tert-OH is 2. The summed E-state index contributed by atoms with van der Waals surface area (Å²) in [5.41, 5.74) is 4.67. The highest BCUT2D eigenvalue weighted by Crippen LogP contribution is 2.45. The van der Waals surface area contributed by atoms with Gasteiger partial charge >= 0.3 is 5.97 Å². The van der Waals surface area contributed by atoms with Crippen molar-refractivity contribution in [3.8, 4) is 0 Å². The molecule has 37 heavy (non-hydrogen) atoms. The zero-order chi connectivity index (χ0) is 27.5. The van der Waals surface area contributed by atoms with Crippen LogP contribution in [0.4, 0.5) is 0 Å². The molecule has 2 aliphatic heterocycles. The molecule has 4 N–H and O–H groups in total. The van der Waals surface area contributed by atoms with Gasteiger partial charge in [0.05, 0.1) is 46.5 Å². The molecule has 0 bridgehead atoms. The van der Waals surface area contributed by atoms with Crippen molar-refractivity contribution in [2.24, 2.45) is 23.0 Å². The number of cyclic esters (lactones) is 1. The van der Waals surface area contributed by atoms with Gasteiger partial charge in [0, 0.05) is 24.3 Å². The maximum atomic E-state index is 13.4. The first kappa shape index (κ1) is 30.2. The Kier molecular flexibility index (Phi) is 9.97. The van der Waals surface area contributed by atoms with Crippen LogP contribution < -0.4 is 5.73 Å². The average molecular weight is 557 g/mol. The molecule has 10 heteroatoms. The lowest BCUT2D eigenvalue weighted by molar-refractivity contribution is -0.154. The molecule has 1 aromatic heterocycles. The fourth-order valence-corrected chi connectivity index (χ4v) is 6.00. The summed E-state index contributed by atoms with van der Waals surface area (Å²) in [4.78, 5) is 30.8. The van der Waals surface area contributed by atoms with E-state index >= 15 is 0 Å². The zero-order valence-electron chi connectivity index (χ0n) is 22.4. The summed E-state index contributed by atoms with van der Waals surface area (Å²) in [7, 11) is 0. The Morgan fingerprint density at radius 1 is 1.32 bits per heavy atom. The summed E-state index contributed by atoms with van der Waals surface area (Å²) in [6.45, 7) is 9.38. The minimum Gasteiger partial charge on any atom is -0.456 e. The van der Waals surface area contributed by atoms with Gasteiger partial charge in [-0.3, -0.25) is 9.59 Å². The second-order valence-electron chi connectivity index (χ2n) is 11.2. The highest BCUT2D eigenvalue weighted by molar-refractivity contribution is 7.09. The number of hydrogen-bond donors (Lipinski definition) is 3. The van der Waals surface area contributed by atoms with Gasteiger partial charge in [-0.1, -0.05) is 45.7 Å². The highest BCUT2D eigenvalue weighted by Gasteiger charge is 2.53. The quantitative estimate of drug-likeness (QED) is 0.371. The van der Waals surface area contributed by atoms with Crippen LogP contribution in [0.25, 0.3) is 6.08 Å². The number of carbonyl (C=O) groups excluding carboxylic acids is 2. The number of halogens is 1. The monoisotopic (exact) mass is 556 g/mol. The highest BCUT2D eigenvalue weighted by atomic mass is 35.5. The van der Waals surface area contributed by atoms with Crippen LogP contribution in [-0.2, 0) is 25.6 Å². The van der Waals surface area contributed by atoms with Crippen molar-refractivity contribution in [1.82, 2.24) is 4.98 Å². The summed E-state index contributed by atoms with van der Waals surface area (Å²) >= 11 is 8.07. The standard InChI is InChI=1S/C27H41ClN2O6S/c1-6-17-24(33)15(2)8-7-9-27(5)21(36-27)11-19(18(28)10-16-14-37-22(13-29)30-16)35-23(32)12-20(31)26(3,4)25(17)34/h10,14-15,17,19-21,24,31,33H,6-9,11-13,29H2,1-5H3/t15-,17?,19-,20?,21-,24-,27+/m0/s1. The van der Waals surface area contributed by atoms with Crippen LogP contribution in [0.15, 0.2) is 10.4 Å². The number of Topliss-reactive ketones (excluding diaryl/α,β-unsaturated/α-hetero) is 1. The largest absolute Gasteiger partial charge is 0.456 e. The number of carbonyl (C=O) groups is 2. The van der Waals surface area contributed by atoms with E-state index in [0.29, 0.717) is 30.1 Å². The topological polar surface area (TPSA) is 135 Å². The minimum atomic E-state index is -1.28. The van der Waals surface area contributed by atoms with Crippen molar-refractivity contribution in [3.63, 3.8) is 0 Å². The Morgan fingerprint density at radius 2 is 2.03 bits per heavy atom. The Labute approximate surface area is 228 Å². The second-order valence-corrected chi connectivity index (χ2v) is 12.6. The predicted octanol–water partition coefficient (Wildman–Crippen LogP) is 4.19. The van der Waals surface area contributed by atoms with Gasteiger partial charge in [0.2, 0.25) is 0 Å². The predicted molar refractivity (Wildman–Crippen MR) is 144 cm³/mol. The Hall–Kier alpha value is -1.36. The van der Waals surface area contributed by atoms with Gasteiger partial charge in [-0.05, 0) is 38.2 Å². The summed E-state index contributed by atoms with van der Waals surface area (Å²) in [5, 5.41) is 24.9. The maximum Gasteiger partial charge on any atom is 0.309 e. The molecule has 2 fully saturated rings. The van der Waals surface area contributed by atoms with Crippen LogP contribution in [-0.4, -0.2) is 57.0 Å². The molecule has 0 saturated carbocycles. The number of ketones is 1. The van der Waals surface area contributed by atoms with E-state index in [9.17, 15) is 19.8 Å². The molecule has 7 atom stereocenters. The Morgan fingerprint density at radius 3 is 2.65 bits per heavy atom. The lowest BCUT2D eigenvalue weighted by atomic mass is 9.71. The van der Waals surface area contributed by atoms with Crippen LogP contribution in [0, 0.1) is 17.3 Å². The fourth-order valence-electron chi connectivity index (χ4n) is 5.13. The number of aliphatic hydroxyl groups is 2. The van der Waals surface area contributed by atoms with E-state index in [4.69, 9.17) is 26.8 Å². The molecule has 208 valence electrons. The fraction of sp³-hybridized carbons (Fsp3) is 0.741. The average Bonchev–Trinajstić information content (AvgIpc) is 3.24. The van der Waals surface area contributed by atoms with Crippen molar-refractivity contribution in [3.05, 3.63) is 21.1 Å². The Balaban J connectivity index is 1.87. The number of rotatable bonds is 4. The summed E-state index contributed by atoms with van der Waals surface area (Å²) in [5.74, 6) is -1.65. The third kappa shape index (κ3) is 7.19. The van der Waals surface area contributed by atoms with Gasteiger partial charge in [-0.2, -0.15) is 0 Å². The van der Waals surface area contributed by atoms with Crippen molar-refractivity contribution >= 4 is 40.8 Å². The van der Waals surface area contributed by atoms with E-state index in [1.54, 1.807) is 19.9 Å². The van der Waals surface area contributed by atoms with Gasteiger partial charge in [0.1, 0.15) is 16.9 Å². The van der Waals surface area contributed by atoms with Crippen LogP contribution in [0.3, 0.4) is 0 Å². The van der Waals surface area contributed by atoms with Crippen molar-refractivity contribution in [2.45, 2.75) is 110 Å². The van der Waals surface area contributed by atoms with Crippen LogP contribution in [0.1, 0.15) is 83.8 Å². The van der Waals surface area contributed by atoms with Crippen molar-refractivity contribution < 1.29 is 29.3 Å². The number of ether oxygens (including phenoxy) is 2. The number of fused-ring (bicyclic) bond motifs is 1. The van der Waals surface area contributed by atoms with Crippen LogP contribution in [0.5, 0.6) is 0 Å².